The average Bonchev–Trinajstić information content (AvgIpc) is 1.98. The highest BCUT2D eigenvalue weighted by Crippen LogP contribution is 2.49. The van der Waals surface area contributed by atoms with Crippen molar-refractivity contribution in [3.05, 3.63) is 0 Å². The minimum absolute atomic E-state index is 0.506. The summed E-state index contributed by atoms with van der Waals surface area (Å²) in [6.07, 6.45) is 6.41. The van der Waals surface area contributed by atoms with E-state index in [9.17, 15) is 4.79 Å². The SMILES string of the molecule is O=C1C2CB3CC(C2)CC1C3. The van der Waals surface area contributed by atoms with Crippen molar-refractivity contribution < 1.29 is 4.79 Å². The Hall–Kier alpha value is -0.265. The molecule has 0 radical (unpaired) electrons. The lowest BCUT2D eigenvalue weighted by Crippen LogP contribution is -2.48. The Morgan fingerprint density at radius 2 is 1.73 bits per heavy atom. The van der Waals surface area contributed by atoms with Gasteiger partial charge in [-0.05, 0) is 18.8 Å². The van der Waals surface area contributed by atoms with Crippen LogP contribution in [0.25, 0.3) is 0 Å². The maximum Gasteiger partial charge on any atom is 0.141 e. The molecule has 0 spiro atoms. The minimum Gasteiger partial charge on any atom is -0.299 e. The van der Waals surface area contributed by atoms with Crippen LogP contribution in [-0.2, 0) is 4.79 Å². The van der Waals surface area contributed by atoms with Gasteiger partial charge in [-0.1, -0.05) is 19.0 Å². The topological polar surface area (TPSA) is 17.1 Å². The molecule has 2 heteroatoms. The molecular formula is C9H13BO. The van der Waals surface area contributed by atoms with E-state index in [1.54, 1.807) is 0 Å². The highest BCUT2D eigenvalue weighted by Gasteiger charge is 2.48. The molecule has 4 fully saturated rings. The number of ketones is 1. The molecule has 4 bridgehead atoms. The van der Waals surface area contributed by atoms with Crippen LogP contribution in [0.3, 0.4) is 0 Å². The third-order valence-corrected chi connectivity index (χ3v) is 3.94. The smallest absolute Gasteiger partial charge is 0.141 e. The highest BCUT2D eigenvalue weighted by atomic mass is 16.1. The summed E-state index contributed by atoms with van der Waals surface area (Å²) >= 11 is 0. The number of hydrogen-bond acceptors (Lipinski definition) is 1. The van der Waals surface area contributed by atoms with Crippen LogP contribution in [0.15, 0.2) is 0 Å². The third-order valence-electron chi connectivity index (χ3n) is 3.94. The molecule has 1 saturated carbocycles. The van der Waals surface area contributed by atoms with Gasteiger partial charge in [-0.15, -0.1) is 0 Å². The van der Waals surface area contributed by atoms with Crippen molar-refractivity contribution >= 4 is 12.5 Å². The van der Waals surface area contributed by atoms with E-state index in [2.05, 4.69) is 0 Å². The normalized spacial score (nSPS) is 47.1. The zero-order valence-electron chi connectivity index (χ0n) is 6.75. The highest BCUT2D eigenvalue weighted by molar-refractivity contribution is 6.61. The molecule has 2 unspecified atom stereocenters. The Balaban J connectivity index is 1.96. The van der Waals surface area contributed by atoms with Crippen molar-refractivity contribution in [2.75, 3.05) is 0 Å². The first-order chi connectivity index (χ1) is 5.33. The number of hydrogen-bond donors (Lipinski definition) is 0. The van der Waals surface area contributed by atoms with E-state index < -0.39 is 0 Å². The maximum atomic E-state index is 11.6. The summed E-state index contributed by atoms with van der Waals surface area (Å²) in [6.45, 7) is 0.940. The summed E-state index contributed by atoms with van der Waals surface area (Å²) in [5.41, 5.74) is 0. The molecule has 11 heavy (non-hydrogen) atoms. The summed E-state index contributed by atoms with van der Waals surface area (Å²) in [7, 11) is 0. The second-order valence-electron chi connectivity index (χ2n) is 4.71. The summed E-state index contributed by atoms with van der Waals surface area (Å²) < 4.78 is 0. The lowest BCUT2D eigenvalue weighted by Gasteiger charge is -2.47. The van der Waals surface area contributed by atoms with Crippen molar-refractivity contribution in [1.82, 2.24) is 0 Å². The van der Waals surface area contributed by atoms with E-state index in [-0.39, 0.29) is 0 Å². The molecule has 4 aliphatic rings. The summed E-state index contributed by atoms with van der Waals surface area (Å²) in [5, 5.41) is 0. The predicted octanol–water partition coefficient (Wildman–Crippen LogP) is 1.72. The van der Waals surface area contributed by atoms with E-state index in [4.69, 9.17) is 0 Å². The van der Waals surface area contributed by atoms with E-state index in [1.165, 1.54) is 31.8 Å². The molecule has 0 amide bonds. The Labute approximate surface area is 67.6 Å². The lowest BCUT2D eigenvalue weighted by molar-refractivity contribution is -0.130. The second kappa shape index (κ2) is 1.91. The predicted molar refractivity (Wildman–Crippen MR) is 44.9 cm³/mol. The molecule has 58 valence electrons. The second-order valence-corrected chi connectivity index (χ2v) is 4.71. The quantitative estimate of drug-likeness (QED) is 0.478. The molecule has 1 nitrogen and oxygen atoms in total. The van der Waals surface area contributed by atoms with E-state index in [0.717, 1.165) is 12.6 Å². The number of Topliss-reactive ketones (excluding diaryl/α,β-unsaturated/α-hetero) is 1. The van der Waals surface area contributed by atoms with Crippen LogP contribution < -0.4 is 0 Å². The zero-order chi connectivity index (χ0) is 7.42. The fourth-order valence-electron chi connectivity index (χ4n) is 3.65. The molecule has 2 atom stereocenters. The Bertz CT molecular complexity index is 182. The standard InChI is InChI=1S/C9H13BO/c11-9-7-1-6-2-8(9)5-10(3-6)4-7/h6-8H,1-5H2. The van der Waals surface area contributed by atoms with Gasteiger partial charge in [0.05, 0.1) is 0 Å². The Morgan fingerprint density at radius 1 is 1.09 bits per heavy atom. The first kappa shape index (κ1) is 6.27. The van der Waals surface area contributed by atoms with E-state index >= 15 is 0 Å². The Morgan fingerprint density at radius 3 is 2.27 bits per heavy atom. The number of rotatable bonds is 0. The summed E-state index contributed by atoms with van der Waals surface area (Å²) in [4.78, 5) is 11.6. The molecule has 1 aliphatic carbocycles. The van der Waals surface area contributed by atoms with Crippen molar-refractivity contribution in [3.63, 3.8) is 0 Å². The lowest BCUT2D eigenvalue weighted by atomic mass is 9.27. The van der Waals surface area contributed by atoms with Gasteiger partial charge in [-0.3, -0.25) is 4.79 Å². The monoisotopic (exact) mass is 148 g/mol. The van der Waals surface area contributed by atoms with Crippen LogP contribution in [0, 0.1) is 17.8 Å². The molecular weight excluding hydrogens is 135 g/mol. The van der Waals surface area contributed by atoms with E-state index in [1.807, 2.05) is 0 Å². The van der Waals surface area contributed by atoms with Crippen LogP contribution in [0.2, 0.25) is 19.0 Å². The van der Waals surface area contributed by atoms with Crippen LogP contribution in [0.1, 0.15) is 12.8 Å². The van der Waals surface area contributed by atoms with Gasteiger partial charge in [0, 0.05) is 11.8 Å². The van der Waals surface area contributed by atoms with Gasteiger partial charge in [-0.25, -0.2) is 0 Å². The van der Waals surface area contributed by atoms with Gasteiger partial charge < -0.3 is 0 Å². The van der Waals surface area contributed by atoms with Gasteiger partial charge in [-0.2, -0.15) is 0 Å². The van der Waals surface area contributed by atoms with Crippen molar-refractivity contribution in [3.8, 4) is 0 Å². The molecule has 0 aromatic carbocycles. The third kappa shape index (κ3) is 0.757. The number of carbonyl (C=O) groups is 1. The van der Waals surface area contributed by atoms with Gasteiger partial charge >= 0.3 is 0 Å². The van der Waals surface area contributed by atoms with Gasteiger partial charge in [0.1, 0.15) is 12.5 Å². The molecule has 3 aliphatic heterocycles. The first-order valence-corrected chi connectivity index (χ1v) is 4.86. The van der Waals surface area contributed by atoms with Crippen molar-refractivity contribution in [1.29, 1.82) is 0 Å². The fourth-order valence-corrected chi connectivity index (χ4v) is 3.65. The average molecular weight is 148 g/mol. The van der Waals surface area contributed by atoms with Crippen LogP contribution in [0.5, 0.6) is 0 Å². The summed E-state index contributed by atoms with van der Waals surface area (Å²) in [6, 6.07) is 0. The molecule has 0 aromatic rings. The molecule has 4 rings (SSSR count). The molecule has 0 aromatic heterocycles. The minimum atomic E-state index is 0.506. The van der Waals surface area contributed by atoms with Crippen molar-refractivity contribution in [2.24, 2.45) is 17.8 Å². The molecule has 3 saturated heterocycles. The fraction of sp³-hybridized carbons (Fsp3) is 0.889. The van der Waals surface area contributed by atoms with Crippen LogP contribution in [-0.4, -0.2) is 12.5 Å². The van der Waals surface area contributed by atoms with Gasteiger partial charge in [0.2, 0.25) is 0 Å². The zero-order valence-corrected chi connectivity index (χ0v) is 6.75. The Kier molecular flexibility index (Phi) is 1.09. The largest absolute Gasteiger partial charge is 0.299 e. The molecule has 3 heterocycles. The van der Waals surface area contributed by atoms with E-state index in [0.29, 0.717) is 17.6 Å². The number of carbonyl (C=O) groups excluding carboxylic acids is 1. The van der Waals surface area contributed by atoms with Crippen LogP contribution in [0.4, 0.5) is 0 Å². The van der Waals surface area contributed by atoms with Crippen molar-refractivity contribution in [2.45, 2.75) is 31.8 Å². The molecule has 0 N–H and O–H groups in total. The van der Waals surface area contributed by atoms with Crippen LogP contribution >= 0.6 is 0 Å². The first-order valence-electron chi connectivity index (χ1n) is 4.86. The maximum absolute atomic E-state index is 11.6. The van der Waals surface area contributed by atoms with Gasteiger partial charge in [0.15, 0.2) is 0 Å². The summed E-state index contributed by atoms with van der Waals surface area (Å²) in [5.74, 6) is 2.57. The van der Waals surface area contributed by atoms with Gasteiger partial charge in [0.25, 0.3) is 0 Å².